The molecule has 1 aliphatic rings. The van der Waals surface area contributed by atoms with Crippen molar-refractivity contribution in [2.45, 2.75) is 25.4 Å². The zero-order chi connectivity index (χ0) is 20.2. The fourth-order valence-corrected chi connectivity index (χ4v) is 3.84. The number of aryl methyl sites for hydroxylation is 1. The second-order valence-corrected chi connectivity index (χ2v) is 7.52. The van der Waals surface area contributed by atoms with E-state index in [0.29, 0.717) is 0 Å². The Labute approximate surface area is 172 Å². The summed E-state index contributed by atoms with van der Waals surface area (Å²) in [5.74, 6) is 1.99. The molecule has 0 radical (unpaired) electrons. The molecule has 4 heteroatoms. The second-order valence-electron chi connectivity index (χ2n) is 7.52. The molecule has 0 amide bonds. The first-order valence-electron chi connectivity index (χ1n) is 9.98. The quantitative estimate of drug-likeness (QED) is 0.639. The van der Waals surface area contributed by atoms with E-state index in [2.05, 4.69) is 60.5 Å². The van der Waals surface area contributed by atoms with Crippen LogP contribution >= 0.6 is 0 Å². The van der Waals surface area contributed by atoms with Gasteiger partial charge in [0.15, 0.2) is 0 Å². The van der Waals surface area contributed by atoms with E-state index in [0.717, 1.165) is 36.7 Å². The summed E-state index contributed by atoms with van der Waals surface area (Å²) in [6, 6.07) is 25.0. The number of hydrogen-bond donors (Lipinski definition) is 1. The summed E-state index contributed by atoms with van der Waals surface area (Å²) in [6.07, 6.45) is 1.83. The minimum Gasteiger partial charge on any atom is -0.497 e. The number of rotatable bonds is 5. The van der Waals surface area contributed by atoms with E-state index in [1.165, 1.54) is 22.3 Å². The first kappa shape index (κ1) is 19.1. The van der Waals surface area contributed by atoms with Gasteiger partial charge in [-0.05, 0) is 52.9 Å². The van der Waals surface area contributed by atoms with Crippen molar-refractivity contribution in [3.63, 3.8) is 0 Å². The zero-order valence-electron chi connectivity index (χ0n) is 17.0. The number of aliphatic imine (C=N–C) groups is 1. The molecular formula is C25H27N3O. The molecule has 2 N–H and O–H groups in total. The number of ether oxygens (including phenoxy) is 1. The van der Waals surface area contributed by atoms with Crippen molar-refractivity contribution in [1.29, 1.82) is 0 Å². The zero-order valence-corrected chi connectivity index (χ0v) is 17.0. The van der Waals surface area contributed by atoms with Gasteiger partial charge in [0, 0.05) is 25.7 Å². The Bertz CT molecular complexity index is 993. The molecule has 148 valence electrons. The largest absolute Gasteiger partial charge is 0.497 e. The lowest BCUT2D eigenvalue weighted by atomic mass is 9.95. The molecule has 1 aliphatic heterocycles. The van der Waals surface area contributed by atoms with Crippen LogP contribution in [0.2, 0.25) is 0 Å². The van der Waals surface area contributed by atoms with Crippen molar-refractivity contribution in [2.24, 2.45) is 4.99 Å². The average molecular weight is 386 g/mol. The first-order chi connectivity index (χ1) is 14.1. The number of nitrogen functional groups attached to an aromatic ring is 1. The molecule has 0 saturated heterocycles. The van der Waals surface area contributed by atoms with Gasteiger partial charge < -0.3 is 15.4 Å². The molecule has 4 nitrogen and oxygen atoms in total. The van der Waals surface area contributed by atoms with Gasteiger partial charge >= 0.3 is 0 Å². The van der Waals surface area contributed by atoms with E-state index >= 15 is 0 Å². The van der Waals surface area contributed by atoms with Gasteiger partial charge in [-0.2, -0.15) is 0 Å². The maximum absolute atomic E-state index is 5.82. The monoisotopic (exact) mass is 385 g/mol. The summed E-state index contributed by atoms with van der Waals surface area (Å²) in [6.45, 7) is 0.864. The number of hydrogen-bond acceptors (Lipinski definition) is 4. The van der Waals surface area contributed by atoms with Gasteiger partial charge in [0.2, 0.25) is 0 Å². The summed E-state index contributed by atoms with van der Waals surface area (Å²) in [5, 5.41) is 0. The third-order valence-corrected chi connectivity index (χ3v) is 5.52. The Hall–Kier alpha value is -3.27. The van der Waals surface area contributed by atoms with Crippen LogP contribution in [0.15, 0.2) is 77.8 Å². The fraction of sp³-hybridized carbons (Fsp3) is 0.240. The smallest absolute Gasteiger partial charge is 0.118 e. The molecule has 4 rings (SSSR count). The van der Waals surface area contributed by atoms with Crippen molar-refractivity contribution < 1.29 is 4.74 Å². The van der Waals surface area contributed by atoms with E-state index in [-0.39, 0.29) is 6.04 Å². The van der Waals surface area contributed by atoms with Crippen LogP contribution in [-0.4, -0.2) is 24.9 Å². The van der Waals surface area contributed by atoms with Crippen molar-refractivity contribution in [3.05, 3.63) is 95.1 Å². The minimum atomic E-state index is -0.0107. The minimum absolute atomic E-state index is 0.0107. The summed E-state index contributed by atoms with van der Waals surface area (Å²) in [4.78, 5) is 7.51. The van der Waals surface area contributed by atoms with Crippen molar-refractivity contribution >= 4 is 11.5 Å². The number of fused-ring (bicyclic) bond motifs is 1. The Morgan fingerprint density at radius 1 is 0.966 bits per heavy atom. The van der Waals surface area contributed by atoms with Gasteiger partial charge in [-0.3, -0.25) is 4.99 Å². The van der Waals surface area contributed by atoms with E-state index in [9.17, 15) is 0 Å². The Kier molecular flexibility index (Phi) is 5.52. The first-order valence-corrected chi connectivity index (χ1v) is 9.98. The highest BCUT2D eigenvalue weighted by atomic mass is 16.5. The number of amidine groups is 1. The van der Waals surface area contributed by atoms with Crippen LogP contribution in [0.3, 0.4) is 0 Å². The van der Waals surface area contributed by atoms with Crippen LogP contribution in [0, 0.1) is 0 Å². The van der Waals surface area contributed by atoms with Crippen LogP contribution in [0.1, 0.15) is 34.7 Å². The molecule has 0 spiro atoms. The maximum atomic E-state index is 5.82. The second kappa shape index (κ2) is 8.39. The Morgan fingerprint density at radius 2 is 1.69 bits per heavy atom. The maximum Gasteiger partial charge on any atom is 0.118 e. The SMILES string of the molecule is COc1ccc(C2N=C(CCc3ccc(N)cc3)N(C)Cc3ccccc32)cc1. The highest BCUT2D eigenvalue weighted by Crippen LogP contribution is 2.33. The Balaban J connectivity index is 1.67. The van der Waals surface area contributed by atoms with Crippen LogP contribution in [0.5, 0.6) is 5.75 Å². The lowest BCUT2D eigenvalue weighted by molar-refractivity contribution is 0.414. The third kappa shape index (κ3) is 4.27. The predicted octanol–water partition coefficient (Wildman–Crippen LogP) is 4.84. The topological polar surface area (TPSA) is 50.9 Å². The molecule has 0 aromatic heterocycles. The number of nitrogens with zero attached hydrogens (tertiary/aromatic N) is 2. The molecule has 0 saturated carbocycles. The van der Waals surface area contributed by atoms with Gasteiger partial charge in [0.1, 0.15) is 17.6 Å². The highest BCUT2D eigenvalue weighted by Gasteiger charge is 2.23. The van der Waals surface area contributed by atoms with E-state index in [1.54, 1.807) is 7.11 Å². The molecule has 1 atom stereocenters. The predicted molar refractivity (Wildman–Crippen MR) is 119 cm³/mol. The highest BCUT2D eigenvalue weighted by molar-refractivity contribution is 5.83. The third-order valence-electron chi connectivity index (χ3n) is 5.52. The lowest BCUT2D eigenvalue weighted by Crippen LogP contribution is -2.26. The van der Waals surface area contributed by atoms with E-state index in [1.807, 2.05) is 24.3 Å². The van der Waals surface area contributed by atoms with Crippen molar-refractivity contribution in [3.8, 4) is 5.75 Å². The lowest BCUT2D eigenvalue weighted by Gasteiger charge is -2.20. The molecular weight excluding hydrogens is 358 g/mol. The van der Waals surface area contributed by atoms with Gasteiger partial charge in [-0.15, -0.1) is 0 Å². The van der Waals surface area contributed by atoms with Gasteiger partial charge in [-0.25, -0.2) is 0 Å². The molecule has 0 bridgehead atoms. The van der Waals surface area contributed by atoms with Gasteiger partial charge in [-0.1, -0.05) is 48.5 Å². The molecule has 29 heavy (non-hydrogen) atoms. The number of anilines is 1. The van der Waals surface area contributed by atoms with Crippen molar-refractivity contribution in [1.82, 2.24) is 4.90 Å². The van der Waals surface area contributed by atoms with Crippen molar-refractivity contribution in [2.75, 3.05) is 19.9 Å². The van der Waals surface area contributed by atoms with Gasteiger partial charge in [0.25, 0.3) is 0 Å². The summed E-state index contributed by atoms with van der Waals surface area (Å²) < 4.78 is 5.33. The van der Waals surface area contributed by atoms with E-state index in [4.69, 9.17) is 15.5 Å². The molecule has 1 heterocycles. The van der Waals surface area contributed by atoms with Crippen LogP contribution in [-0.2, 0) is 13.0 Å². The molecule has 3 aromatic carbocycles. The molecule has 0 fully saturated rings. The van der Waals surface area contributed by atoms with Crippen LogP contribution in [0.25, 0.3) is 0 Å². The van der Waals surface area contributed by atoms with E-state index < -0.39 is 0 Å². The molecule has 1 unspecified atom stereocenters. The average Bonchev–Trinajstić information content (AvgIpc) is 2.89. The molecule has 3 aromatic rings. The van der Waals surface area contributed by atoms with Gasteiger partial charge in [0.05, 0.1) is 7.11 Å². The normalized spacial score (nSPS) is 16.0. The number of nitrogens with two attached hydrogens (primary N) is 1. The number of benzene rings is 3. The summed E-state index contributed by atoms with van der Waals surface area (Å²) in [5.41, 5.74) is 11.7. The fourth-order valence-electron chi connectivity index (χ4n) is 3.84. The summed E-state index contributed by atoms with van der Waals surface area (Å²) in [7, 11) is 3.83. The van der Waals surface area contributed by atoms with Crippen LogP contribution < -0.4 is 10.5 Å². The summed E-state index contributed by atoms with van der Waals surface area (Å²) >= 11 is 0. The molecule has 0 aliphatic carbocycles. The Morgan fingerprint density at radius 3 is 2.41 bits per heavy atom. The van der Waals surface area contributed by atoms with Crippen LogP contribution in [0.4, 0.5) is 5.69 Å². The number of methoxy groups -OCH3 is 1. The standard InChI is InChI=1S/C25H27N3O/c1-28-17-20-5-3-4-6-23(20)25(19-10-14-22(29-2)15-11-19)27-24(28)16-9-18-7-12-21(26)13-8-18/h3-8,10-15,25H,9,16-17,26H2,1-2H3.